The second-order valence-corrected chi connectivity index (χ2v) is 9.47. The second-order valence-electron chi connectivity index (χ2n) is 9.47. The van der Waals surface area contributed by atoms with E-state index in [2.05, 4.69) is 74.6 Å². The van der Waals surface area contributed by atoms with Gasteiger partial charge < -0.3 is 9.31 Å². The Bertz CT molecular complexity index is 1500. The van der Waals surface area contributed by atoms with Crippen LogP contribution in [-0.2, 0) is 9.31 Å². The van der Waals surface area contributed by atoms with E-state index in [1.165, 1.54) is 0 Å². The fourth-order valence-corrected chi connectivity index (χ4v) is 4.45. The predicted octanol–water partition coefficient (Wildman–Crippen LogP) is 4.80. The van der Waals surface area contributed by atoms with Crippen molar-refractivity contribution in [3.8, 4) is 0 Å². The van der Waals surface area contributed by atoms with Gasteiger partial charge in [-0.15, -0.1) is 0 Å². The number of para-hydroxylation sites is 2. The van der Waals surface area contributed by atoms with Crippen molar-refractivity contribution < 1.29 is 9.31 Å². The smallest absolute Gasteiger partial charge is 0.399 e. The number of rotatable bonds is 1. The number of hydrogen-bond donors (Lipinski definition) is 0. The summed E-state index contributed by atoms with van der Waals surface area (Å²) in [7, 11) is -0.416. The molecule has 1 fully saturated rings. The van der Waals surface area contributed by atoms with Crippen molar-refractivity contribution in [1.29, 1.82) is 0 Å². The van der Waals surface area contributed by atoms with Crippen LogP contribution in [0, 0.1) is 6.92 Å². The van der Waals surface area contributed by atoms with Gasteiger partial charge in [-0.05, 0) is 70.4 Å². The van der Waals surface area contributed by atoms with Crippen LogP contribution in [0.2, 0.25) is 0 Å². The van der Waals surface area contributed by atoms with Gasteiger partial charge in [0.25, 0.3) is 0 Å². The topological polar surface area (TPSA) is 48.7 Å². The lowest BCUT2D eigenvalue weighted by atomic mass is 9.78. The SMILES string of the molecule is Cc1ccc2c(n1)c1ccc(B3OC(C)(C)C(C)(C)O3)cc1n1c3ccccc3nc21. The Hall–Kier alpha value is -2.96. The fourth-order valence-electron chi connectivity index (χ4n) is 4.45. The molecule has 4 heterocycles. The number of imidazole rings is 1. The normalized spacial score (nSPS) is 18.0. The van der Waals surface area contributed by atoms with Crippen molar-refractivity contribution in [2.75, 3.05) is 0 Å². The molecule has 0 aliphatic carbocycles. The maximum atomic E-state index is 6.32. The van der Waals surface area contributed by atoms with Gasteiger partial charge in [0.1, 0.15) is 5.65 Å². The van der Waals surface area contributed by atoms with Crippen molar-refractivity contribution in [2.45, 2.75) is 45.8 Å². The number of aromatic nitrogens is 3. The molecule has 0 amide bonds. The van der Waals surface area contributed by atoms with Crippen LogP contribution in [0.3, 0.4) is 0 Å². The van der Waals surface area contributed by atoms with Crippen molar-refractivity contribution in [1.82, 2.24) is 14.4 Å². The van der Waals surface area contributed by atoms with Crippen molar-refractivity contribution in [3.63, 3.8) is 0 Å². The molecule has 154 valence electrons. The highest BCUT2D eigenvalue weighted by molar-refractivity contribution is 6.62. The number of benzene rings is 2. The molecule has 1 aliphatic heterocycles. The number of aryl methyl sites for hydroxylation is 1. The minimum atomic E-state index is -0.416. The second kappa shape index (κ2) is 6.05. The lowest BCUT2D eigenvalue weighted by Gasteiger charge is -2.32. The monoisotopic (exact) mass is 409 g/mol. The first-order chi connectivity index (χ1) is 14.7. The van der Waals surface area contributed by atoms with Gasteiger partial charge in [-0.25, -0.2) is 4.98 Å². The van der Waals surface area contributed by atoms with E-state index in [1.807, 2.05) is 19.1 Å². The molecule has 0 radical (unpaired) electrons. The number of fused-ring (bicyclic) bond motifs is 8. The summed E-state index contributed by atoms with van der Waals surface area (Å²) in [5.41, 5.74) is 6.22. The summed E-state index contributed by atoms with van der Waals surface area (Å²) in [6.45, 7) is 10.3. The van der Waals surface area contributed by atoms with Gasteiger partial charge in [0.05, 0.1) is 33.3 Å². The van der Waals surface area contributed by atoms with Gasteiger partial charge in [0.2, 0.25) is 0 Å². The van der Waals surface area contributed by atoms with Crippen molar-refractivity contribution in [2.24, 2.45) is 0 Å². The molecule has 0 bridgehead atoms. The molecule has 5 nitrogen and oxygen atoms in total. The summed E-state index contributed by atoms with van der Waals surface area (Å²) in [4.78, 5) is 9.84. The summed E-state index contributed by atoms with van der Waals surface area (Å²) >= 11 is 0. The molecule has 31 heavy (non-hydrogen) atoms. The molecule has 1 aliphatic rings. The third-order valence-electron chi connectivity index (χ3n) is 6.88. The summed E-state index contributed by atoms with van der Waals surface area (Å²) in [6.07, 6.45) is 0. The first kappa shape index (κ1) is 18.8. The zero-order valence-electron chi connectivity index (χ0n) is 18.4. The van der Waals surface area contributed by atoms with E-state index in [1.54, 1.807) is 0 Å². The molecular weight excluding hydrogens is 385 g/mol. The Balaban J connectivity index is 1.70. The molecule has 1 saturated heterocycles. The molecule has 0 atom stereocenters. The highest BCUT2D eigenvalue weighted by Crippen LogP contribution is 2.37. The zero-order valence-corrected chi connectivity index (χ0v) is 18.4. The van der Waals surface area contributed by atoms with Gasteiger partial charge in [0, 0.05) is 16.5 Å². The fraction of sp³-hybridized carbons (Fsp3) is 0.280. The van der Waals surface area contributed by atoms with Crippen LogP contribution in [-0.4, -0.2) is 32.7 Å². The van der Waals surface area contributed by atoms with Crippen LogP contribution >= 0.6 is 0 Å². The average molecular weight is 409 g/mol. The van der Waals surface area contributed by atoms with E-state index < -0.39 is 7.12 Å². The van der Waals surface area contributed by atoms with Crippen LogP contribution < -0.4 is 5.46 Å². The third kappa shape index (κ3) is 2.58. The number of hydrogen-bond acceptors (Lipinski definition) is 4. The summed E-state index contributed by atoms with van der Waals surface area (Å²) < 4.78 is 14.9. The van der Waals surface area contributed by atoms with Crippen molar-refractivity contribution in [3.05, 3.63) is 60.3 Å². The molecule has 0 saturated carbocycles. The van der Waals surface area contributed by atoms with Crippen LogP contribution in [0.5, 0.6) is 0 Å². The quantitative estimate of drug-likeness (QED) is 0.295. The van der Waals surface area contributed by atoms with Gasteiger partial charge >= 0.3 is 7.12 Å². The molecular formula is C25H24BN3O2. The Morgan fingerprint density at radius 2 is 1.52 bits per heavy atom. The minimum absolute atomic E-state index is 0.383. The maximum absolute atomic E-state index is 6.32. The van der Waals surface area contributed by atoms with Gasteiger partial charge in [0.15, 0.2) is 0 Å². The summed E-state index contributed by atoms with van der Waals surface area (Å²) in [5, 5.41) is 2.15. The van der Waals surface area contributed by atoms with Crippen LogP contribution in [0.25, 0.3) is 38.5 Å². The Morgan fingerprint density at radius 1 is 0.806 bits per heavy atom. The minimum Gasteiger partial charge on any atom is -0.399 e. The average Bonchev–Trinajstić information content (AvgIpc) is 3.22. The molecule has 5 aromatic rings. The van der Waals surface area contributed by atoms with Gasteiger partial charge in [-0.2, -0.15) is 0 Å². The molecule has 3 aromatic heterocycles. The Labute approximate surface area is 181 Å². The number of nitrogens with zero attached hydrogens (tertiary/aromatic N) is 3. The third-order valence-corrected chi connectivity index (χ3v) is 6.88. The standard InChI is InChI=1S/C25H24BN3O2/c1-15-10-12-18-22(27-15)17-13-11-16(26-30-24(2,3)25(4,5)31-26)14-21(17)29-20-9-7-6-8-19(20)28-23(18)29/h6-14H,1-5H3. The Kier molecular flexibility index (Phi) is 3.67. The molecule has 0 unspecified atom stereocenters. The first-order valence-corrected chi connectivity index (χ1v) is 10.7. The van der Waals surface area contributed by atoms with E-state index in [-0.39, 0.29) is 11.2 Å². The maximum Gasteiger partial charge on any atom is 0.494 e. The predicted molar refractivity (Wildman–Crippen MR) is 126 cm³/mol. The van der Waals surface area contributed by atoms with Crippen LogP contribution in [0.15, 0.2) is 54.6 Å². The first-order valence-electron chi connectivity index (χ1n) is 10.7. The Morgan fingerprint density at radius 3 is 2.29 bits per heavy atom. The van der Waals surface area contributed by atoms with E-state index >= 15 is 0 Å². The van der Waals surface area contributed by atoms with E-state index in [4.69, 9.17) is 19.3 Å². The highest BCUT2D eigenvalue weighted by atomic mass is 16.7. The molecule has 6 heteroatoms. The molecule has 2 aromatic carbocycles. The number of pyridine rings is 2. The molecule has 0 N–H and O–H groups in total. The largest absolute Gasteiger partial charge is 0.494 e. The highest BCUT2D eigenvalue weighted by Gasteiger charge is 2.51. The van der Waals surface area contributed by atoms with E-state index in [0.29, 0.717) is 0 Å². The van der Waals surface area contributed by atoms with Gasteiger partial charge in [-0.3, -0.25) is 9.38 Å². The van der Waals surface area contributed by atoms with Crippen molar-refractivity contribution >= 4 is 51.1 Å². The molecule has 6 rings (SSSR count). The van der Waals surface area contributed by atoms with E-state index in [9.17, 15) is 0 Å². The van der Waals surface area contributed by atoms with Crippen LogP contribution in [0.4, 0.5) is 0 Å². The van der Waals surface area contributed by atoms with Gasteiger partial charge in [-0.1, -0.05) is 24.3 Å². The molecule has 0 spiro atoms. The van der Waals surface area contributed by atoms with Crippen LogP contribution in [0.1, 0.15) is 33.4 Å². The lowest BCUT2D eigenvalue weighted by Crippen LogP contribution is -2.41. The summed E-state index contributed by atoms with van der Waals surface area (Å²) in [6, 6.07) is 18.8. The zero-order chi connectivity index (χ0) is 21.5. The van der Waals surface area contributed by atoms with E-state index in [0.717, 1.165) is 49.6 Å². The summed E-state index contributed by atoms with van der Waals surface area (Å²) in [5.74, 6) is 0. The lowest BCUT2D eigenvalue weighted by molar-refractivity contribution is 0.00578.